The van der Waals surface area contributed by atoms with Crippen LogP contribution in [0.3, 0.4) is 0 Å². The van der Waals surface area contributed by atoms with Crippen LogP contribution in [0.15, 0.2) is 48.5 Å². The van der Waals surface area contributed by atoms with Gasteiger partial charge in [0.05, 0.1) is 11.9 Å². The Labute approximate surface area is 201 Å². The molecule has 1 atom stereocenters. The lowest BCUT2D eigenvalue weighted by atomic mass is 10.1. The number of aryl methyl sites for hydroxylation is 1. The minimum atomic E-state index is -3.79. The molecule has 2 aromatic rings. The highest BCUT2D eigenvalue weighted by Crippen LogP contribution is 2.25. The highest BCUT2D eigenvalue weighted by Gasteiger charge is 2.30. The van der Waals surface area contributed by atoms with Gasteiger partial charge in [-0.15, -0.1) is 0 Å². The molecule has 7 nitrogen and oxygen atoms in total. The number of hydrogen-bond acceptors (Lipinski definition) is 4. The maximum Gasteiger partial charge on any atom is 0.244 e. The van der Waals surface area contributed by atoms with E-state index in [2.05, 4.69) is 5.32 Å². The van der Waals surface area contributed by atoms with Crippen molar-refractivity contribution in [2.24, 2.45) is 0 Å². The van der Waals surface area contributed by atoms with Gasteiger partial charge in [-0.05, 0) is 43.5 Å². The van der Waals surface area contributed by atoms with Crippen LogP contribution in [0.5, 0.6) is 0 Å². The fourth-order valence-corrected chi connectivity index (χ4v) is 4.27. The highest BCUT2D eigenvalue weighted by atomic mass is 35.5. The molecule has 2 rings (SSSR count). The molecular weight excluding hydrogens is 462 g/mol. The number of rotatable bonds is 11. The molecule has 2 amide bonds. The third kappa shape index (κ3) is 7.75. The maximum absolute atomic E-state index is 13.4. The quantitative estimate of drug-likeness (QED) is 0.483. The molecule has 180 valence electrons. The van der Waals surface area contributed by atoms with Gasteiger partial charge in [-0.3, -0.25) is 13.9 Å². The van der Waals surface area contributed by atoms with Crippen molar-refractivity contribution in [1.82, 2.24) is 10.2 Å². The average Bonchev–Trinajstić information content (AvgIpc) is 2.77. The predicted octanol–water partition coefficient (Wildman–Crippen LogP) is 3.75. The predicted molar refractivity (Wildman–Crippen MR) is 133 cm³/mol. The van der Waals surface area contributed by atoms with Crippen LogP contribution in [0.25, 0.3) is 0 Å². The van der Waals surface area contributed by atoms with E-state index >= 15 is 0 Å². The van der Waals surface area contributed by atoms with E-state index in [0.29, 0.717) is 17.3 Å². The van der Waals surface area contributed by atoms with Crippen molar-refractivity contribution in [2.75, 3.05) is 23.7 Å². The molecule has 1 N–H and O–H groups in total. The zero-order chi connectivity index (χ0) is 24.6. The second kappa shape index (κ2) is 12.0. The normalized spacial score (nSPS) is 12.2. The van der Waals surface area contributed by atoms with E-state index in [1.165, 1.54) is 11.0 Å². The second-order valence-corrected chi connectivity index (χ2v) is 10.3. The number of carbonyl (C=O) groups excluding carboxylic acids is 2. The molecule has 2 aromatic carbocycles. The van der Waals surface area contributed by atoms with Gasteiger partial charge in [0.1, 0.15) is 12.6 Å². The molecule has 0 heterocycles. The summed E-state index contributed by atoms with van der Waals surface area (Å²) in [5.74, 6) is -0.767. The molecule has 9 heteroatoms. The Morgan fingerprint density at radius 3 is 2.36 bits per heavy atom. The van der Waals surface area contributed by atoms with Crippen molar-refractivity contribution >= 4 is 39.1 Å². The first-order chi connectivity index (χ1) is 15.5. The van der Waals surface area contributed by atoms with Crippen LogP contribution in [0.4, 0.5) is 5.69 Å². The summed E-state index contributed by atoms with van der Waals surface area (Å²) in [6, 6.07) is 13.3. The van der Waals surface area contributed by atoms with E-state index < -0.39 is 28.5 Å². The molecule has 0 saturated carbocycles. The number of halogens is 1. The van der Waals surface area contributed by atoms with Gasteiger partial charge in [0.15, 0.2) is 0 Å². The minimum absolute atomic E-state index is 0.175. The molecule has 0 aliphatic carbocycles. The molecular formula is C24H32ClN3O4S. The Balaban J connectivity index is 2.34. The number of hydrogen-bond donors (Lipinski definition) is 1. The number of unbranched alkanes of at least 4 members (excludes halogenated alkanes) is 1. The Hall–Kier alpha value is -2.58. The second-order valence-electron chi connectivity index (χ2n) is 8.03. The number of nitrogens with zero attached hydrogens (tertiary/aromatic N) is 2. The summed E-state index contributed by atoms with van der Waals surface area (Å²) in [5, 5.41) is 3.25. The first-order valence-corrected chi connectivity index (χ1v) is 13.1. The van der Waals surface area contributed by atoms with E-state index in [4.69, 9.17) is 11.6 Å². The van der Waals surface area contributed by atoms with E-state index in [1.54, 1.807) is 19.1 Å². The van der Waals surface area contributed by atoms with Gasteiger partial charge in [0.2, 0.25) is 21.8 Å². The average molecular weight is 494 g/mol. The zero-order valence-electron chi connectivity index (χ0n) is 19.5. The summed E-state index contributed by atoms with van der Waals surface area (Å²) < 4.78 is 26.1. The first-order valence-electron chi connectivity index (χ1n) is 10.9. The number of nitrogens with one attached hydrogen (secondary N) is 1. The van der Waals surface area contributed by atoms with Crippen LogP contribution >= 0.6 is 11.6 Å². The van der Waals surface area contributed by atoms with Gasteiger partial charge < -0.3 is 10.2 Å². The number of benzene rings is 2. The summed E-state index contributed by atoms with van der Waals surface area (Å²) in [4.78, 5) is 27.6. The van der Waals surface area contributed by atoms with Crippen molar-refractivity contribution in [3.8, 4) is 0 Å². The van der Waals surface area contributed by atoms with Gasteiger partial charge in [-0.25, -0.2) is 8.42 Å². The van der Waals surface area contributed by atoms with Crippen LogP contribution in [-0.2, 0) is 26.2 Å². The van der Waals surface area contributed by atoms with Crippen molar-refractivity contribution in [3.63, 3.8) is 0 Å². The summed E-state index contributed by atoms with van der Waals surface area (Å²) in [6.45, 7) is 5.73. The largest absolute Gasteiger partial charge is 0.354 e. The van der Waals surface area contributed by atoms with Crippen molar-refractivity contribution < 1.29 is 18.0 Å². The van der Waals surface area contributed by atoms with Crippen molar-refractivity contribution in [2.45, 2.75) is 46.2 Å². The van der Waals surface area contributed by atoms with Gasteiger partial charge in [-0.2, -0.15) is 0 Å². The highest BCUT2D eigenvalue weighted by molar-refractivity contribution is 7.92. The topological polar surface area (TPSA) is 86.8 Å². The lowest BCUT2D eigenvalue weighted by molar-refractivity contribution is -0.139. The van der Waals surface area contributed by atoms with Crippen LogP contribution < -0.4 is 9.62 Å². The van der Waals surface area contributed by atoms with Gasteiger partial charge >= 0.3 is 0 Å². The fourth-order valence-electron chi connectivity index (χ4n) is 3.25. The third-order valence-corrected chi connectivity index (χ3v) is 6.86. The first kappa shape index (κ1) is 26.7. The lowest BCUT2D eigenvalue weighted by Gasteiger charge is -2.31. The van der Waals surface area contributed by atoms with E-state index in [-0.39, 0.29) is 12.5 Å². The minimum Gasteiger partial charge on any atom is -0.354 e. The summed E-state index contributed by atoms with van der Waals surface area (Å²) >= 11 is 6.20. The number of amides is 2. The lowest BCUT2D eigenvalue weighted by Crippen LogP contribution is -2.51. The molecule has 0 aliphatic heterocycles. The maximum atomic E-state index is 13.4. The molecule has 0 fully saturated rings. The van der Waals surface area contributed by atoms with Crippen LogP contribution in [0.2, 0.25) is 5.02 Å². The van der Waals surface area contributed by atoms with Gasteiger partial charge in [0.25, 0.3) is 0 Å². The number of anilines is 1. The Bertz CT molecular complexity index is 1060. The summed E-state index contributed by atoms with van der Waals surface area (Å²) in [6.07, 6.45) is 2.81. The monoisotopic (exact) mass is 493 g/mol. The van der Waals surface area contributed by atoms with Crippen LogP contribution in [-0.4, -0.2) is 50.5 Å². The van der Waals surface area contributed by atoms with Gasteiger partial charge in [-0.1, -0.05) is 61.3 Å². The number of sulfonamides is 1. The smallest absolute Gasteiger partial charge is 0.244 e. The van der Waals surface area contributed by atoms with Gasteiger partial charge in [0, 0.05) is 18.1 Å². The Kier molecular flexibility index (Phi) is 9.73. The molecule has 0 unspecified atom stereocenters. The van der Waals surface area contributed by atoms with E-state index in [9.17, 15) is 18.0 Å². The molecule has 0 spiro atoms. The molecule has 0 aromatic heterocycles. The standard InChI is InChI=1S/C24H32ClN3O4S/c1-5-6-14-26-24(30)19(3)27(16-20-10-8-7-9-11-20)23(29)17-28(33(4,31)32)21-13-12-18(2)22(25)15-21/h7-13,15,19H,5-6,14,16-17H2,1-4H3,(H,26,30)/t19-/m0/s1. The zero-order valence-corrected chi connectivity index (χ0v) is 21.1. The number of carbonyl (C=O) groups is 2. The fraction of sp³-hybridized carbons (Fsp3) is 0.417. The van der Waals surface area contributed by atoms with E-state index in [0.717, 1.165) is 34.5 Å². The SMILES string of the molecule is CCCCNC(=O)[C@H](C)N(Cc1ccccc1)C(=O)CN(c1ccc(C)c(Cl)c1)S(C)(=O)=O. The molecule has 0 radical (unpaired) electrons. The third-order valence-electron chi connectivity index (χ3n) is 5.32. The van der Waals surface area contributed by atoms with Crippen molar-refractivity contribution in [3.05, 3.63) is 64.7 Å². The molecule has 33 heavy (non-hydrogen) atoms. The van der Waals surface area contributed by atoms with Crippen LogP contribution in [0.1, 0.15) is 37.8 Å². The Morgan fingerprint density at radius 1 is 1.12 bits per heavy atom. The van der Waals surface area contributed by atoms with Crippen LogP contribution in [0, 0.1) is 6.92 Å². The van der Waals surface area contributed by atoms with Crippen molar-refractivity contribution in [1.29, 1.82) is 0 Å². The summed E-state index contributed by atoms with van der Waals surface area (Å²) in [7, 11) is -3.79. The van der Waals surface area contributed by atoms with E-state index in [1.807, 2.05) is 44.2 Å². The molecule has 0 aliphatic rings. The molecule has 0 bridgehead atoms. The molecule has 0 saturated heterocycles. The summed E-state index contributed by atoms with van der Waals surface area (Å²) in [5.41, 5.74) is 1.92. The Morgan fingerprint density at radius 2 is 1.79 bits per heavy atom.